The molecule has 0 aromatic heterocycles. The number of benzene rings is 3. The predicted octanol–water partition coefficient (Wildman–Crippen LogP) is 4.83. The molecule has 3 rings (SSSR count). The molecule has 156 valence electrons. The number of rotatable bonds is 11. The molecule has 30 heavy (non-hydrogen) atoms. The number of hydrogen-bond donors (Lipinski definition) is 0. The average Bonchev–Trinajstić information content (AvgIpc) is 2.79. The maximum Gasteiger partial charge on any atom is 0.468 e. The highest BCUT2D eigenvalue weighted by Gasteiger charge is 2.45. The van der Waals surface area contributed by atoms with E-state index in [0.29, 0.717) is 12.4 Å². The fraction of sp³-hybridized carbons (Fsp3) is 0.250. The fourth-order valence-electron chi connectivity index (χ4n) is 3.34. The van der Waals surface area contributed by atoms with Crippen LogP contribution in [-0.2, 0) is 4.43 Å². The molecule has 0 aliphatic heterocycles. The summed E-state index contributed by atoms with van der Waals surface area (Å²) >= 11 is 0. The van der Waals surface area contributed by atoms with Crippen molar-refractivity contribution in [2.45, 2.75) is 32.6 Å². The highest BCUT2D eigenvalue weighted by molar-refractivity contribution is 6.93. The molecule has 0 amide bonds. The summed E-state index contributed by atoms with van der Waals surface area (Å²) in [5.74, 6) is 0.563. The van der Waals surface area contributed by atoms with Gasteiger partial charge in [-0.15, -0.1) is 0 Å². The van der Waals surface area contributed by atoms with Crippen molar-refractivity contribution in [1.82, 2.24) is 0 Å². The number of hydrogen-bond acceptors (Lipinski definition) is 4. The Hall–Kier alpha value is -2.96. The molecular formula is C24H27NO4Si. The number of nitro benzene ring substituents is 1. The second-order valence-corrected chi connectivity index (χ2v) is 9.99. The molecule has 0 N–H and O–H groups in total. The Balaban J connectivity index is 1.99. The van der Waals surface area contributed by atoms with E-state index in [4.69, 9.17) is 8.85 Å². The van der Waals surface area contributed by atoms with E-state index < -0.39 is 13.5 Å². The van der Waals surface area contributed by atoms with E-state index in [1.54, 1.807) is 12.1 Å². The van der Waals surface area contributed by atoms with Crippen LogP contribution in [0.25, 0.3) is 0 Å². The molecule has 0 unspecified atom stereocenters. The second kappa shape index (κ2) is 10.7. The van der Waals surface area contributed by atoms with Crippen LogP contribution in [0.5, 0.6) is 5.75 Å². The lowest BCUT2D eigenvalue weighted by Gasteiger charge is -2.32. The smallest absolute Gasteiger partial charge is 0.468 e. The van der Waals surface area contributed by atoms with E-state index >= 15 is 0 Å². The van der Waals surface area contributed by atoms with E-state index in [-0.39, 0.29) is 5.69 Å². The van der Waals surface area contributed by atoms with Crippen molar-refractivity contribution in [2.75, 3.05) is 6.61 Å². The monoisotopic (exact) mass is 421 g/mol. The van der Waals surface area contributed by atoms with Crippen LogP contribution in [0.2, 0.25) is 0 Å². The van der Waals surface area contributed by atoms with Crippen molar-refractivity contribution in [3.63, 3.8) is 0 Å². The molecule has 0 aliphatic carbocycles. The summed E-state index contributed by atoms with van der Waals surface area (Å²) in [6.45, 7) is 2.79. The third-order valence-electron chi connectivity index (χ3n) is 4.92. The van der Waals surface area contributed by atoms with Crippen LogP contribution >= 0.6 is 0 Å². The van der Waals surface area contributed by atoms with Crippen LogP contribution in [0.4, 0.5) is 5.69 Å². The lowest BCUT2D eigenvalue weighted by molar-refractivity contribution is -0.384. The first-order valence-electron chi connectivity index (χ1n) is 10.3. The highest BCUT2D eigenvalue weighted by Crippen LogP contribution is 2.22. The first-order chi connectivity index (χ1) is 14.7. The molecule has 0 spiro atoms. The number of non-ortho nitro benzene ring substituents is 1. The van der Waals surface area contributed by atoms with Crippen LogP contribution in [0.15, 0.2) is 84.9 Å². The van der Waals surface area contributed by atoms with Gasteiger partial charge < -0.3 is 8.85 Å². The van der Waals surface area contributed by atoms with Crippen molar-refractivity contribution in [3.05, 3.63) is 95.0 Å². The van der Waals surface area contributed by atoms with Crippen LogP contribution in [0.1, 0.15) is 32.6 Å². The van der Waals surface area contributed by atoms with Gasteiger partial charge in [-0.05, 0) is 18.6 Å². The minimum absolute atomic E-state index is 0.0366. The van der Waals surface area contributed by atoms with Crippen LogP contribution < -0.4 is 14.8 Å². The van der Waals surface area contributed by atoms with Gasteiger partial charge in [-0.1, -0.05) is 86.8 Å². The zero-order valence-corrected chi connectivity index (χ0v) is 18.2. The van der Waals surface area contributed by atoms with E-state index in [1.807, 2.05) is 60.7 Å². The third kappa shape index (κ3) is 5.34. The van der Waals surface area contributed by atoms with E-state index in [1.165, 1.54) is 25.0 Å². The molecule has 3 aromatic carbocycles. The van der Waals surface area contributed by atoms with Gasteiger partial charge in [0.2, 0.25) is 0 Å². The Kier molecular flexibility index (Phi) is 7.76. The minimum atomic E-state index is -3.06. The summed E-state index contributed by atoms with van der Waals surface area (Å²) in [5, 5.41) is 13.0. The number of nitro groups is 1. The normalized spacial score (nSPS) is 11.2. The van der Waals surface area contributed by atoms with Crippen molar-refractivity contribution in [1.29, 1.82) is 0 Å². The summed E-state index contributed by atoms with van der Waals surface area (Å²) in [7, 11) is -3.06. The molecule has 5 nitrogen and oxygen atoms in total. The quantitative estimate of drug-likeness (QED) is 0.193. The molecule has 0 aliphatic rings. The van der Waals surface area contributed by atoms with Gasteiger partial charge in [-0.2, -0.15) is 0 Å². The zero-order valence-electron chi connectivity index (χ0n) is 17.2. The van der Waals surface area contributed by atoms with Gasteiger partial charge in [0, 0.05) is 29.1 Å². The van der Waals surface area contributed by atoms with E-state index in [0.717, 1.165) is 23.2 Å². The molecule has 0 bridgehead atoms. The third-order valence-corrected chi connectivity index (χ3v) is 8.24. The number of nitrogens with zero attached hydrogens (tertiary/aromatic N) is 1. The Morgan fingerprint density at radius 2 is 1.37 bits per heavy atom. The molecule has 0 radical (unpaired) electrons. The van der Waals surface area contributed by atoms with Crippen molar-refractivity contribution >= 4 is 24.6 Å². The summed E-state index contributed by atoms with van der Waals surface area (Å²) < 4.78 is 13.2. The van der Waals surface area contributed by atoms with Gasteiger partial charge in [0.1, 0.15) is 5.75 Å². The van der Waals surface area contributed by atoms with Gasteiger partial charge in [0.15, 0.2) is 0 Å². The lowest BCUT2D eigenvalue weighted by Crippen LogP contribution is -2.66. The summed E-state index contributed by atoms with van der Waals surface area (Å²) in [5.41, 5.74) is 0.0366. The van der Waals surface area contributed by atoms with E-state index in [9.17, 15) is 10.1 Å². The molecule has 0 heterocycles. The van der Waals surface area contributed by atoms with E-state index in [2.05, 4.69) is 6.92 Å². The molecule has 0 saturated heterocycles. The van der Waals surface area contributed by atoms with Crippen molar-refractivity contribution < 1.29 is 13.8 Å². The SMILES string of the molecule is CCCCCCO[Si](Oc1ccc([N+](=O)[O-])cc1)(c1ccccc1)c1ccccc1. The van der Waals surface area contributed by atoms with Gasteiger partial charge >= 0.3 is 8.56 Å². The molecule has 0 saturated carbocycles. The van der Waals surface area contributed by atoms with Gasteiger partial charge in [-0.3, -0.25) is 10.1 Å². The highest BCUT2D eigenvalue weighted by atomic mass is 28.4. The van der Waals surface area contributed by atoms with Gasteiger partial charge in [0.25, 0.3) is 5.69 Å². The number of unbranched alkanes of at least 4 members (excludes halogenated alkanes) is 3. The summed E-state index contributed by atoms with van der Waals surface area (Å²) in [6.07, 6.45) is 4.42. The topological polar surface area (TPSA) is 61.6 Å². The minimum Gasteiger partial charge on any atom is -0.514 e. The van der Waals surface area contributed by atoms with Crippen LogP contribution in [0, 0.1) is 10.1 Å². The standard InChI is InChI=1S/C24H27NO4Si/c1-2-3-4-11-20-28-30(23-12-7-5-8-13-23,24-14-9-6-10-15-24)29-22-18-16-21(17-19-22)25(26)27/h5-10,12-19H,2-4,11,20H2,1H3. The van der Waals surface area contributed by atoms with Crippen LogP contribution in [-0.4, -0.2) is 20.1 Å². The molecular weight excluding hydrogens is 394 g/mol. The Labute approximate surface area is 178 Å². The first kappa shape index (κ1) is 21.7. The Morgan fingerprint density at radius 3 is 1.87 bits per heavy atom. The maximum atomic E-state index is 11.0. The maximum absolute atomic E-state index is 11.0. The fourth-order valence-corrected chi connectivity index (χ4v) is 6.47. The first-order valence-corrected chi connectivity index (χ1v) is 12.2. The second-order valence-electron chi connectivity index (χ2n) is 7.11. The Morgan fingerprint density at radius 1 is 0.800 bits per heavy atom. The molecule has 6 heteroatoms. The van der Waals surface area contributed by atoms with Gasteiger partial charge in [0.05, 0.1) is 4.92 Å². The van der Waals surface area contributed by atoms with Crippen LogP contribution in [0.3, 0.4) is 0 Å². The zero-order chi connectivity index (χ0) is 21.2. The molecule has 0 atom stereocenters. The average molecular weight is 422 g/mol. The Bertz CT molecular complexity index is 877. The summed E-state index contributed by atoms with van der Waals surface area (Å²) in [4.78, 5) is 10.6. The molecule has 3 aromatic rings. The van der Waals surface area contributed by atoms with Crippen molar-refractivity contribution in [3.8, 4) is 5.75 Å². The summed E-state index contributed by atoms with van der Waals surface area (Å²) in [6, 6.07) is 26.3. The lowest BCUT2D eigenvalue weighted by atomic mass is 10.2. The molecule has 0 fully saturated rings. The largest absolute Gasteiger partial charge is 0.514 e. The van der Waals surface area contributed by atoms with Gasteiger partial charge in [-0.25, -0.2) is 0 Å². The predicted molar refractivity (Wildman–Crippen MR) is 122 cm³/mol. The van der Waals surface area contributed by atoms with Crippen molar-refractivity contribution in [2.24, 2.45) is 0 Å².